The van der Waals surface area contributed by atoms with E-state index in [1.54, 1.807) is 0 Å². The van der Waals surface area contributed by atoms with Crippen LogP contribution in [0.1, 0.15) is 165 Å². The van der Waals surface area contributed by atoms with Gasteiger partial charge in [-0.2, -0.15) is 20.4 Å². The number of aryl methyl sites for hydroxylation is 4. The molecule has 0 aromatic heterocycles. The Morgan fingerprint density at radius 2 is 0.576 bits per heavy atom. The van der Waals surface area contributed by atoms with Crippen LogP contribution in [0.2, 0.25) is 0 Å². The van der Waals surface area contributed by atoms with Crippen molar-refractivity contribution >= 4 is 171 Å². The van der Waals surface area contributed by atoms with E-state index in [0.717, 1.165) is 24.9 Å². The van der Waals surface area contributed by atoms with E-state index in [9.17, 15) is 120 Å². The molecule has 784 valence electrons. The normalized spacial score (nSPS) is 19.3. The van der Waals surface area contributed by atoms with Gasteiger partial charge < -0.3 is 73.6 Å². The van der Waals surface area contributed by atoms with Crippen LogP contribution < -0.4 is 106 Å². The summed E-state index contributed by atoms with van der Waals surface area (Å²) in [6.45, 7) is 0.492. The Labute approximate surface area is 830 Å². The van der Waals surface area contributed by atoms with Gasteiger partial charge in [0.05, 0.1) is 32.7 Å². The van der Waals surface area contributed by atoms with Gasteiger partial charge in [0, 0.05) is 65.0 Å². The number of amides is 18. The molecule has 0 unspecified atom stereocenters. The molecule has 4 aromatic carbocycles. The lowest BCUT2D eigenvalue weighted by Gasteiger charge is -2.30. The number of fused-ring (bicyclic) bond motifs is 2. The number of carbonyl (C=O) groups is 18. The lowest BCUT2D eigenvalue weighted by molar-refractivity contribution is -0.142. The van der Waals surface area contributed by atoms with Crippen LogP contribution in [0.5, 0.6) is 0 Å². The molecule has 0 bridgehead atoms. The predicted octanol–water partition coefficient (Wildman–Crippen LogP) is -6.16. The number of hydrogen-bond donors (Lipinski definition) is 20. The maximum absolute atomic E-state index is 15.0. The molecule has 3 aliphatic rings. The molecule has 52 nitrogen and oxygen atoms in total. The zero-order valence-corrected chi connectivity index (χ0v) is 82.3. The van der Waals surface area contributed by atoms with E-state index in [0.29, 0.717) is 22.3 Å². The summed E-state index contributed by atoms with van der Waals surface area (Å²) < 4.78 is 93.2. The number of rotatable bonds is 44. The molecule has 0 aliphatic carbocycles. The molecule has 0 saturated carbocycles. The topological polar surface area (TPSA) is 796 Å². The van der Waals surface area contributed by atoms with Gasteiger partial charge in [0.25, 0.3) is 23.6 Å². The van der Waals surface area contributed by atoms with Crippen LogP contribution in [0.3, 0.4) is 0 Å². The average molecular weight is 2090 g/mol. The minimum Gasteiger partial charge on any atom is -0.351 e. The number of carbonyl (C=O) groups excluding carboxylic acids is 18. The Morgan fingerprint density at radius 1 is 0.333 bits per heavy atom. The number of nitrogens with one attached hydrogen (secondary N) is 16. The summed E-state index contributed by atoms with van der Waals surface area (Å²) in [5, 5.41) is 66.2. The molecular weight excluding hydrogens is 1970 g/mol. The summed E-state index contributed by atoms with van der Waals surface area (Å²) in [5.41, 5.74) is 11.3. The summed E-state index contributed by atoms with van der Waals surface area (Å²) in [4.78, 5) is 248. The Hall–Kier alpha value is -14.3. The SMILES string of the molecule is C[C@@H]1NC(=O)[C@H](CCCCNC(=O)/C=N\NC(=O)CCc2ccc(S(N)(=O)=O)cc2)NC(=O)CNC(=O)[C@@H]2CCCN2C(=O)[C@H](CCCCNC(=O)/C=N/NC(=O)CCc2ccc(S(N)(=O)=O)cc2)NC(=O)[C@H](C)NC(=O)[C@H](CCCCNC(=O)/C=N/NC(=O)CCc2ccc(S(N)(=O)=O)cc2)NC(=O)CNC(=O)[C@@H]2CCCN2C(=O)[C@H](CCCCNC(=O)/C=N/NC(=O)CCc2ccc(S(N)(=O)=O)cc2)NC1=O. The number of sulfonamides is 4. The number of hydrogen-bond acceptors (Lipinski definition) is 30. The van der Waals surface area contributed by atoms with Crippen LogP contribution in [-0.2, 0) is 152 Å². The molecule has 0 spiro atoms. The largest absolute Gasteiger partial charge is 0.351 e. The van der Waals surface area contributed by atoms with Crippen LogP contribution in [-0.4, -0.2) is 275 Å². The summed E-state index contributed by atoms with van der Waals surface area (Å²) in [5.74, 6) is -14.5. The summed E-state index contributed by atoms with van der Waals surface area (Å²) in [6, 6.07) is 10.5. The highest BCUT2D eigenvalue weighted by molar-refractivity contribution is 7.90. The Balaban J connectivity index is 1.08. The third kappa shape index (κ3) is 42.4. The van der Waals surface area contributed by atoms with E-state index >= 15 is 0 Å². The fourth-order valence-corrected chi connectivity index (χ4v) is 16.7. The molecule has 24 N–H and O–H groups in total. The maximum atomic E-state index is 15.0. The first-order chi connectivity index (χ1) is 68.2. The molecular formula is C88H122N26O26S4. The quantitative estimate of drug-likeness (QED) is 0.0111. The van der Waals surface area contributed by atoms with E-state index in [1.165, 1.54) is 121 Å². The summed E-state index contributed by atoms with van der Waals surface area (Å²) >= 11 is 0. The summed E-state index contributed by atoms with van der Waals surface area (Å²) in [6.07, 6.45) is 4.00. The van der Waals surface area contributed by atoms with Crippen molar-refractivity contribution < 1.29 is 120 Å². The van der Waals surface area contributed by atoms with Crippen LogP contribution in [0.15, 0.2) is 137 Å². The van der Waals surface area contributed by atoms with Crippen molar-refractivity contribution in [3.8, 4) is 0 Å². The Bertz CT molecular complexity index is 5510. The average Bonchev–Trinajstić information content (AvgIpc) is 1.68. The van der Waals surface area contributed by atoms with Crippen molar-refractivity contribution in [2.24, 2.45) is 41.0 Å². The molecule has 3 saturated heterocycles. The lowest BCUT2D eigenvalue weighted by atomic mass is 10.1. The number of hydrazone groups is 4. The zero-order valence-electron chi connectivity index (χ0n) is 79.0. The molecule has 3 heterocycles. The number of primary sulfonamides is 4. The first-order valence-corrected chi connectivity index (χ1v) is 52.2. The second kappa shape index (κ2) is 58.3. The predicted molar refractivity (Wildman–Crippen MR) is 517 cm³/mol. The van der Waals surface area contributed by atoms with Gasteiger partial charge in [-0.05, 0) is 213 Å². The fraction of sp³-hybridized carbons (Fsp3) is 0.477. The highest BCUT2D eigenvalue weighted by Gasteiger charge is 2.41. The van der Waals surface area contributed by atoms with Crippen molar-refractivity contribution in [2.75, 3.05) is 52.4 Å². The van der Waals surface area contributed by atoms with Gasteiger partial charge >= 0.3 is 0 Å². The van der Waals surface area contributed by atoms with Gasteiger partial charge in [0.2, 0.25) is 123 Å². The molecule has 3 aliphatic heterocycles. The van der Waals surface area contributed by atoms with Gasteiger partial charge in [0.15, 0.2) is 0 Å². The zero-order chi connectivity index (χ0) is 106. The number of benzene rings is 4. The Kier molecular flexibility index (Phi) is 47.2. The van der Waals surface area contributed by atoms with E-state index < -0.39 is 208 Å². The highest BCUT2D eigenvalue weighted by atomic mass is 32.2. The molecule has 7 rings (SSSR count). The number of nitrogens with two attached hydrogens (primary N) is 4. The van der Waals surface area contributed by atoms with Crippen LogP contribution in [0.4, 0.5) is 0 Å². The molecule has 0 radical (unpaired) electrons. The maximum Gasteiger partial charge on any atom is 0.264 e. The minimum atomic E-state index is -3.95. The first-order valence-electron chi connectivity index (χ1n) is 46.0. The second-order valence-electron chi connectivity index (χ2n) is 33.7. The molecule has 18 amide bonds. The van der Waals surface area contributed by atoms with E-state index in [4.69, 9.17) is 20.6 Å². The molecule has 3 fully saturated rings. The molecule has 56 heteroatoms. The van der Waals surface area contributed by atoms with Crippen molar-refractivity contribution in [2.45, 2.75) is 236 Å². The minimum absolute atomic E-state index is 0.0240. The van der Waals surface area contributed by atoms with Crippen molar-refractivity contribution in [1.29, 1.82) is 0 Å². The van der Waals surface area contributed by atoms with Crippen molar-refractivity contribution in [3.05, 3.63) is 119 Å². The van der Waals surface area contributed by atoms with Gasteiger partial charge in [0.1, 0.15) is 73.2 Å². The van der Waals surface area contributed by atoms with Crippen molar-refractivity contribution in [3.63, 3.8) is 0 Å². The highest BCUT2D eigenvalue weighted by Crippen LogP contribution is 2.24. The molecule has 144 heavy (non-hydrogen) atoms. The standard InChI is InChI=1S/C88H122N26O26S4/c1-55-81(125)107-67(15-5-9-45-95-77(121)53-101-111-73(117)41-29-59-23-35-63(36-24-59)143(91,137)138)87(131)113-47-11-17-69(113)85(129)98-50-80(124)106-66(14-4-8-44-94-76(120)52-100-110-72(116)40-28-58-21-33-62(34-22-58)142(90,135)136)84(128)104-56(2)82(126)108-68(16-6-10-46-96-78(122)54-102-112-74(118)42-30-60-25-37-64(38-26-60)144(92,139)140)88(132)114-48-12-18-70(114)86(130)97-49-79(123)105-65(83(127)103-55)13-3-7-43-93-75(119)51-99-109-71(115)39-27-57-19-31-61(32-20-57)141(89,133)134/h19-26,31-38,51-56,65-70H,3-18,27-30,39-50H2,1-2H3,(H,93,119)(H,94,120)(H,95,121)(H,96,122)(H,97,130)(H,98,129)(H,103,127)(H,104,128)(H,105,123)(H,106,124)(H,107,125)(H,108,126)(H,109,115)(H,110,116)(H,111,117)(H,112,118)(H2,89,133,134)(H2,90,135,136)(H2,91,137,138)(H2,92,139,140)/b99-51-,100-52+,101-53+,102-54+/t55-,56-,65-,66-,67-,68-,69-,70-/m0/s1. The van der Waals surface area contributed by atoms with Crippen molar-refractivity contribution in [1.82, 2.24) is 95.3 Å². The van der Waals surface area contributed by atoms with Gasteiger partial charge in [-0.25, -0.2) is 75.9 Å². The molecule has 8 atom stereocenters. The number of nitrogens with zero attached hydrogens (tertiary/aromatic N) is 6. The summed E-state index contributed by atoms with van der Waals surface area (Å²) in [7, 11) is -15.8. The molecule has 4 aromatic rings. The second-order valence-corrected chi connectivity index (χ2v) is 40.0. The smallest absolute Gasteiger partial charge is 0.264 e. The van der Waals surface area contributed by atoms with Crippen LogP contribution in [0, 0.1) is 0 Å². The monoisotopic (exact) mass is 2090 g/mol. The first kappa shape index (κ1) is 117. The van der Waals surface area contributed by atoms with E-state index in [-0.39, 0.29) is 213 Å². The van der Waals surface area contributed by atoms with E-state index in [2.05, 4.69) is 106 Å². The third-order valence-electron chi connectivity index (χ3n) is 22.5. The third-order valence-corrected chi connectivity index (χ3v) is 26.2. The van der Waals surface area contributed by atoms with Gasteiger partial charge in [-0.15, -0.1) is 0 Å². The van der Waals surface area contributed by atoms with Crippen LogP contribution >= 0.6 is 0 Å². The van der Waals surface area contributed by atoms with Gasteiger partial charge in [-0.1, -0.05) is 48.5 Å². The van der Waals surface area contributed by atoms with Gasteiger partial charge in [-0.3, -0.25) is 86.3 Å². The fourth-order valence-electron chi connectivity index (χ4n) is 14.7. The Morgan fingerprint density at radius 3 is 0.819 bits per heavy atom. The van der Waals surface area contributed by atoms with E-state index in [1.807, 2.05) is 0 Å². The van der Waals surface area contributed by atoms with Crippen LogP contribution in [0.25, 0.3) is 0 Å². The lowest BCUT2D eigenvalue weighted by Crippen LogP contribution is -2.59. The number of unbranched alkanes of at least 4 members (excludes halogenated alkanes) is 4.